The molecule has 0 radical (unpaired) electrons. The smallest absolute Gasteiger partial charge is 0.260 e. The fourth-order valence-electron chi connectivity index (χ4n) is 2.62. The molecule has 0 saturated carbocycles. The van der Waals surface area contributed by atoms with Crippen molar-refractivity contribution in [3.05, 3.63) is 58.9 Å². The fraction of sp³-hybridized carbons (Fsp3) is 0.300. The highest BCUT2D eigenvalue weighted by Gasteiger charge is 2.22. The summed E-state index contributed by atoms with van der Waals surface area (Å²) in [6, 6.07) is 10.2. The van der Waals surface area contributed by atoms with Crippen molar-refractivity contribution in [2.24, 2.45) is 0 Å². The zero-order valence-corrected chi connectivity index (χ0v) is 16.2. The van der Waals surface area contributed by atoms with E-state index in [-0.39, 0.29) is 11.7 Å². The monoisotopic (exact) mass is 371 g/mol. The predicted octanol–water partition coefficient (Wildman–Crippen LogP) is 4.26. The Kier molecular flexibility index (Phi) is 5.34. The number of halogens is 1. The molecule has 136 valence electrons. The maximum atomic E-state index is 13.5. The molecule has 2 aromatic carbocycles. The van der Waals surface area contributed by atoms with Gasteiger partial charge in [0.2, 0.25) is 0 Å². The van der Waals surface area contributed by atoms with E-state index >= 15 is 0 Å². The summed E-state index contributed by atoms with van der Waals surface area (Å²) < 4.78 is 14.2. The third-order valence-electron chi connectivity index (χ3n) is 4.34. The lowest BCUT2D eigenvalue weighted by Gasteiger charge is -2.22. The van der Waals surface area contributed by atoms with E-state index in [0.717, 1.165) is 15.8 Å². The van der Waals surface area contributed by atoms with Gasteiger partial charge in [-0.15, -0.1) is 0 Å². The van der Waals surface area contributed by atoms with Gasteiger partial charge in [0.15, 0.2) is 5.13 Å². The van der Waals surface area contributed by atoms with Gasteiger partial charge in [0.05, 0.1) is 10.2 Å². The molecule has 0 aliphatic rings. The Hall–Kier alpha value is -2.31. The largest absolute Gasteiger partial charge is 0.308 e. The predicted molar refractivity (Wildman–Crippen MR) is 106 cm³/mol. The molecule has 26 heavy (non-hydrogen) atoms. The number of benzene rings is 2. The van der Waals surface area contributed by atoms with Crippen LogP contribution in [0, 0.1) is 19.7 Å². The third kappa shape index (κ3) is 3.92. The molecule has 4 nitrogen and oxygen atoms in total. The van der Waals surface area contributed by atoms with Crippen molar-refractivity contribution in [3.63, 3.8) is 0 Å². The second-order valence-corrected chi connectivity index (χ2v) is 7.68. The van der Waals surface area contributed by atoms with Crippen LogP contribution in [0.2, 0.25) is 0 Å². The molecule has 0 unspecified atom stereocenters. The van der Waals surface area contributed by atoms with Crippen LogP contribution in [-0.2, 0) is 0 Å². The summed E-state index contributed by atoms with van der Waals surface area (Å²) in [5.41, 5.74) is 3.57. The van der Waals surface area contributed by atoms with Crippen LogP contribution in [-0.4, -0.2) is 43.0 Å². The van der Waals surface area contributed by atoms with E-state index in [1.54, 1.807) is 11.0 Å². The maximum absolute atomic E-state index is 13.5. The van der Waals surface area contributed by atoms with Crippen molar-refractivity contribution >= 4 is 32.6 Å². The number of rotatable bonds is 5. The number of thiazole rings is 1. The minimum atomic E-state index is -0.298. The van der Waals surface area contributed by atoms with Crippen molar-refractivity contribution in [2.45, 2.75) is 13.8 Å². The molecule has 0 bridgehead atoms. The van der Waals surface area contributed by atoms with E-state index in [4.69, 9.17) is 0 Å². The Labute approximate surface area is 156 Å². The first-order valence-electron chi connectivity index (χ1n) is 8.45. The van der Waals surface area contributed by atoms with Crippen LogP contribution in [0.4, 0.5) is 9.52 Å². The van der Waals surface area contributed by atoms with Gasteiger partial charge >= 0.3 is 0 Å². The number of hydrogen-bond donors (Lipinski definition) is 0. The summed E-state index contributed by atoms with van der Waals surface area (Å²) in [4.78, 5) is 21.4. The SMILES string of the molecule is Cc1ccc(C(=O)N(CCN(C)C)c2nc3ccc(F)cc3s2)cc1C. The van der Waals surface area contributed by atoms with Gasteiger partial charge in [0.1, 0.15) is 5.82 Å². The van der Waals surface area contributed by atoms with Gasteiger partial charge in [-0.1, -0.05) is 17.4 Å². The molecule has 1 amide bonds. The van der Waals surface area contributed by atoms with Crippen molar-refractivity contribution in [1.29, 1.82) is 0 Å². The Bertz CT molecular complexity index is 951. The number of fused-ring (bicyclic) bond motifs is 1. The summed E-state index contributed by atoms with van der Waals surface area (Å²) >= 11 is 1.34. The van der Waals surface area contributed by atoms with Gasteiger partial charge in [-0.3, -0.25) is 9.69 Å². The van der Waals surface area contributed by atoms with Gasteiger partial charge in [-0.05, 0) is 69.4 Å². The van der Waals surface area contributed by atoms with Gasteiger partial charge in [0.25, 0.3) is 5.91 Å². The first-order valence-corrected chi connectivity index (χ1v) is 9.27. The molecule has 6 heteroatoms. The number of carbonyl (C=O) groups is 1. The average molecular weight is 371 g/mol. The van der Waals surface area contributed by atoms with Gasteiger partial charge in [0, 0.05) is 18.7 Å². The number of amides is 1. The third-order valence-corrected chi connectivity index (χ3v) is 5.38. The minimum Gasteiger partial charge on any atom is -0.308 e. The number of aryl methyl sites for hydroxylation is 2. The molecule has 3 aromatic rings. The van der Waals surface area contributed by atoms with Crippen molar-refractivity contribution in [3.8, 4) is 0 Å². The number of likely N-dealkylation sites (N-methyl/N-ethyl adjacent to an activating group) is 1. The van der Waals surface area contributed by atoms with E-state index in [1.165, 1.54) is 23.5 Å². The lowest BCUT2D eigenvalue weighted by atomic mass is 10.1. The number of nitrogens with zero attached hydrogens (tertiary/aromatic N) is 3. The molecule has 0 saturated heterocycles. The molecular weight excluding hydrogens is 349 g/mol. The van der Waals surface area contributed by atoms with Crippen LogP contribution in [0.5, 0.6) is 0 Å². The van der Waals surface area contributed by atoms with E-state index in [0.29, 0.717) is 29.3 Å². The van der Waals surface area contributed by atoms with Gasteiger partial charge < -0.3 is 4.90 Å². The Morgan fingerprint density at radius 2 is 1.85 bits per heavy atom. The molecule has 0 N–H and O–H groups in total. The lowest BCUT2D eigenvalue weighted by Crippen LogP contribution is -2.36. The summed E-state index contributed by atoms with van der Waals surface area (Å²) in [5.74, 6) is -0.387. The average Bonchev–Trinajstić information content (AvgIpc) is 2.99. The standard InChI is InChI=1S/C20H22FN3OS/c1-13-5-6-15(11-14(13)2)19(25)24(10-9-23(3)4)20-22-17-8-7-16(21)12-18(17)26-20/h5-8,11-12H,9-10H2,1-4H3. The highest BCUT2D eigenvalue weighted by atomic mass is 32.1. The van der Waals surface area contributed by atoms with Crippen LogP contribution in [0.15, 0.2) is 36.4 Å². The first kappa shape index (κ1) is 18.5. The zero-order valence-electron chi connectivity index (χ0n) is 15.4. The lowest BCUT2D eigenvalue weighted by molar-refractivity contribution is 0.0985. The molecule has 0 spiro atoms. The first-order chi connectivity index (χ1) is 12.3. The van der Waals surface area contributed by atoms with Crippen LogP contribution >= 0.6 is 11.3 Å². The molecule has 0 aliphatic carbocycles. The highest BCUT2D eigenvalue weighted by Crippen LogP contribution is 2.30. The van der Waals surface area contributed by atoms with E-state index in [9.17, 15) is 9.18 Å². The molecule has 0 fully saturated rings. The van der Waals surface area contributed by atoms with Crippen molar-refractivity contribution in [2.75, 3.05) is 32.1 Å². The molecule has 0 atom stereocenters. The van der Waals surface area contributed by atoms with Crippen molar-refractivity contribution < 1.29 is 9.18 Å². The van der Waals surface area contributed by atoms with E-state index < -0.39 is 0 Å². The van der Waals surface area contributed by atoms with Crippen LogP contribution in [0.1, 0.15) is 21.5 Å². The molecule has 0 aliphatic heterocycles. The quantitative estimate of drug-likeness (QED) is 0.672. The second kappa shape index (κ2) is 7.51. The van der Waals surface area contributed by atoms with E-state index in [1.807, 2.05) is 51.0 Å². The summed E-state index contributed by atoms with van der Waals surface area (Å²) in [7, 11) is 3.93. The van der Waals surface area contributed by atoms with Gasteiger partial charge in [-0.25, -0.2) is 9.37 Å². The summed E-state index contributed by atoms with van der Waals surface area (Å²) in [6.45, 7) is 5.24. The van der Waals surface area contributed by atoms with Crippen LogP contribution in [0.25, 0.3) is 10.2 Å². The Morgan fingerprint density at radius 3 is 2.54 bits per heavy atom. The zero-order chi connectivity index (χ0) is 18.8. The topological polar surface area (TPSA) is 36.4 Å². The number of hydrogen-bond acceptors (Lipinski definition) is 4. The molecule has 3 rings (SSSR count). The number of carbonyl (C=O) groups excluding carboxylic acids is 1. The maximum Gasteiger partial charge on any atom is 0.260 e. The summed E-state index contributed by atoms with van der Waals surface area (Å²) in [6.07, 6.45) is 0. The molecular formula is C20H22FN3OS. The minimum absolute atomic E-state index is 0.0884. The molecule has 1 heterocycles. The van der Waals surface area contributed by atoms with Crippen molar-refractivity contribution in [1.82, 2.24) is 9.88 Å². The number of aromatic nitrogens is 1. The fourth-order valence-corrected chi connectivity index (χ4v) is 3.63. The van der Waals surface area contributed by atoms with Crippen LogP contribution < -0.4 is 4.90 Å². The highest BCUT2D eigenvalue weighted by molar-refractivity contribution is 7.22. The molecule has 1 aromatic heterocycles. The number of anilines is 1. The summed E-state index contributed by atoms with van der Waals surface area (Å²) in [5, 5.41) is 0.593. The van der Waals surface area contributed by atoms with Gasteiger partial charge in [-0.2, -0.15) is 0 Å². The van der Waals surface area contributed by atoms with Crippen LogP contribution in [0.3, 0.4) is 0 Å². The second-order valence-electron chi connectivity index (χ2n) is 6.67. The van der Waals surface area contributed by atoms with E-state index in [2.05, 4.69) is 4.98 Å². The Morgan fingerprint density at radius 1 is 1.08 bits per heavy atom. The Balaban J connectivity index is 1.99. The normalized spacial score (nSPS) is 11.3.